The van der Waals surface area contributed by atoms with Gasteiger partial charge in [0.05, 0.1) is 0 Å². The van der Waals surface area contributed by atoms with Crippen LogP contribution in [0.1, 0.15) is 12.8 Å². The van der Waals surface area contributed by atoms with Gasteiger partial charge in [-0.1, -0.05) is 11.6 Å². The van der Waals surface area contributed by atoms with Crippen LogP contribution < -0.4 is 0 Å². The third-order valence-electron chi connectivity index (χ3n) is 1.97. The maximum Gasteiger partial charge on any atom is 0.189 e. The van der Waals surface area contributed by atoms with Crippen LogP contribution in [0.2, 0.25) is 19.1 Å². The van der Waals surface area contributed by atoms with Crippen molar-refractivity contribution in [2.24, 2.45) is 0 Å². The van der Waals surface area contributed by atoms with Crippen LogP contribution in [-0.2, 0) is 4.43 Å². The maximum absolute atomic E-state index is 5.41. The van der Waals surface area contributed by atoms with Gasteiger partial charge in [0.25, 0.3) is 0 Å². The fourth-order valence-electron chi connectivity index (χ4n) is 0.750. The Balaban J connectivity index is 2.28. The largest absolute Gasteiger partial charge is 0.420 e. The van der Waals surface area contributed by atoms with Gasteiger partial charge in [-0.2, -0.15) is 0 Å². The number of rotatable bonds is 3. The summed E-state index contributed by atoms with van der Waals surface area (Å²) < 4.78 is 5.41. The monoisotopic (exact) mass is 156 g/mol. The van der Waals surface area contributed by atoms with Crippen LogP contribution in [-0.4, -0.2) is 15.4 Å². The highest BCUT2D eigenvalue weighted by atomic mass is 28.4. The van der Waals surface area contributed by atoms with Gasteiger partial charge in [-0.15, -0.1) is 0 Å². The molecule has 1 fully saturated rings. The molecule has 0 aromatic heterocycles. The van der Waals surface area contributed by atoms with Gasteiger partial charge in [-0.25, -0.2) is 0 Å². The molecule has 2 heteroatoms. The van der Waals surface area contributed by atoms with Gasteiger partial charge < -0.3 is 4.43 Å². The van der Waals surface area contributed by atoms with Gasteiger partial charge in [0, 0.05) is 7.11 Å². The molecule has 1 aliphatic carbocycles. The second kappa shape index (κ2) is 2.89. The molecule has 0 amide bonds. The molecule has 0 aromatic rings. The predicted molar refractivity (Wildman–Crippen MR) is 46.6 cm³/mol. The van der Waals surface area contributed by atoms with Crippen LogP contribution in [0, 0.1) is 0 Å². The molecular weight excluding hydrogens is 140 g/mol. The standard InChI is InChI=1S/C8H16OSi/c1-9-10(2,3)7-6-8-4-5-8/h6H,4-5,7H2,1-3H3. The zero-order valence-electron chi connectivity index (χ0n) is 7.11. The smallest absolute Gasteiger partial charge is 0.189 e. The minimum atomic E-state index is -1.28. The highest BCUT2D eigenvalue weighted by molar-refractivity contribution is 6.71. The molecule has 0 radical (unpaired) electrons. The topological polar surface area (TPSA) is 9.23 Å². The maximum atomic E-state index is 5.41. The minimum absolute atomic E-state index is 1.19. The molecule has 1 nitrogen and oxygen atoms in total. The normalized spacial score (nSPS) is 17.3. The van der Waals surface area contributed by atoms with Crippen LogP contribution >= 0.6 is 0 Å². The summed E-state index contributed by atoms with van der Waals surface area (Å²) in [6, 6.07) is 1.19. The van der Waals surface area contributed by atoms with Crippen molar-refractivity contribution >= 4 is 8.32 Å². The SMILES string of the molecule is CO[Si](C)(C)CC=C1CC1. The van der Waals surface area contributed by atoms with E-state index in [0.717, 1.165) is 0 Å². The fraction of sp³-hybridized carbons (Fsp3) is 0.750. The van der Waals surface area contributed by atoms with E-state index in [1.54, 1.807) is 5.57 Å². The Kier molecular flexibility index (Phi) is 2.31. The average molecular weight is 156 g/mol. The fourth-order valence-corrected chi connectivity index (χ4v) is 1.70. The van der Waals surface area contributed by atoms with Crippen molar-refractivity contribution in [3.05, 3.63) is 11.6 Å². The van der Waals surface area contributed by atoms with E-state index in [9.17, 15) is 0 Å². The van der Waals surface area contributed by atoms with Crippen LogP contribution in [0.3, 0.4) is 0 Å². The molecule has 1 rings (SSSR count). The van der Waals surface area contributed by atoms with E-state index >= 15 is 0 Å². The first-order valence-electron chi connectivity index (χ1n) is 3.87. The third-order valence-corrected chi connectivity index (χ3v) is 4.27. The Labute approximate surface area is 64.2 Å². The first-order valence-corrected chi connectivity index (χ1v) is 6.99. The zero-order chi connectivity index (χ0) is 7.61. The molecule has 0 bridgehead atoms. The van der Waals surface area contributed by atoms with Crippen LogP contribution in [0.25, 0.3) is 0 Å². The third kappa shape index (κ3) is 2.67. The first kappa shape index (κ1) is 8.02. The Bertz CT molecular complexity index is 143. The van der Waals surface area contributed by atoms with Gasteiger partial charge in [0.2, 0.25) is 0 Å². The van der Waals surface area contributed by atoms with E-state index in [4.69, 9.17) is 4.43 Å². The molecule has 0 aromatic carbocycles. The van der Waals surface area contributed by atoms with Gasteiger partial charge in [-0.3, -0.25) is 0 Å². The Morgan fingerprint density at radius 2 is 2.10 bits per heavy atom. The van der Waals surface area contributed by atoms with E-state index in [1.807, 2.05) is 7.11 Å². The van der Waals surface area contributed by atoms with Crippen molar-refractivity contribution in [1.82, 2.24) is 0 Å². The van der Waals surface area contributed by atoms with E-state index in [2.05, 4.69) is 19.2 Å². The van der Waals surface area contributed by atoms with Gasteiger partial charge in [-0.05, 0) is 32.0 Å². The molecule has 0 heterocycles. The van der Waals surface area contributed by atoms with E-state index in [-0.39, 0.29) is 0 Å². The van der Waals surface area contributed by atoms with Crippen molar-refractivity contribution in [3.8, 4) is 0 Å². The minimum Gasteiger partial charge on any atom is -0.420 e. The number of hydrogen-bond donors (Lipinski definition) is 0. The van der Waals surface area contributed by atoms with Crippen LogP contribution in [0.15, 0.2) is 11.6 Å². The van der Waals surface area contributed by atoms with E-state index in [0.29, 0.717) is 0 Å². The van der Waals surface area contributed by atoms with E-state index in [1.165, 1.54) is 18.9 Å². The van der Waals surface area contributed by atoms with Crippen molar-refractivity contribution in [2.75, 3.05) is 7.11 Å². The number of allylic oxidation sites excluding steroid dienone is 2. The zero-order valence-corrected chi connectivity index (χ0v) is 8.11. The molecule has 0 spiro atoms. The van der Waals surface area contributed by atoms with Gasteiger partial charge >= 0.3 is 0 Å². The molecule has 0 unspecified atom stereocenters. The van der Waals surface area contributed by atoms with Crippen LogP contribution in [0.4, 0.5) is 0 Å². The van der Waals surface area contributed by atoms with Crippen LogP contribution in [0.5, 0.6) is 0 Å². The summed E-state index contributed by atoms with van der Waals surface area (Å²) in [7, 11) is 0.555. The van der Waals surface area contributed by atoms with E-state index < -0.39 is 8.32 Å². The molecule has 10 heavy (non-hydrogen) atoms. The number of hydrogen-bond acceptors (Lipinski definition) is 1. The first-order chi connectivity index (χ1) is 4.64. The van der Waals surface area contributed by atoms with Crippen molar-refractivity contribution in [3.63, 3.8) is 0 Å². The molecular formula is C8H16OSi. The summed E-state index contributed by atoms with van der Waals surface area (Å²) in [6.45, 7) is 4.51. The Hall–Kier alpha value is -0.0831. The molecule has 0 aliphatic heterocycles. The van der Waals surface area contributed by atoms with Crippen molar-refractivity contribution in [1.29, 1.82) is 0 Å². The van der Waals surface area contributed by atoms with Gasteiger partial charge in [0.1, 0.15) is 0 Å². The molecule has 0 N–H and O–H groups in total. The Morgan fingerprint density at radius 3 is 2.50 bits per heavy atom. The summed E-state index contributed by atoms with van der Waals surface area (Å²) in [6.07, 6.45) is 5.05. The summed E-state index contributed by atoms with van der Waals surface area (Å²) in [5, 5.41) is 0. The van der Waals surface area contributed by atoms with Crippen molar-refractivity contribution < 1.29 is 4.43 Å². The van der Waals surface area contributed by atoms with Gasteiger partial charge in [0.15, 0.2) is 8.32 Å². The molecule has 0 saturated heterocycles. The average Bonchev–Trinajstić information content (AvgIpc) is 2.66. The molecule has 1 saturated carbocycles. The molecule has 0 atom stereocenters. The molecule has 1 aliphatic rings. The summed E-state index contributed by atoms with van der Waals surface area (Å²) in [5.41, 5.74) is 1.64. The second-order valence-corrected chi connectivity index (χ2v) is 7.87. The lowest BCUT2D eigenvalue weighted by Crippen LogP contribution is -2.27. The summed E-state index contributed by atoms with van der Waals surface area (Å²) >= 11 is 0. The predicted octanol–water partition coefficient (Wildman–Crippen LogP) is 2.56. The summed E-state index contributed by atoms with van der Waals surface area (Å²) in [5.74, 6) is 0. The Morgan fingerprint density at radius 1 is 1.50 bits per heavy atom. The second-order valence-electron chi connectivity index (χ2n) is 3.53. The summed E-state index contributed by atoms with van der Waals surface area (Å²) in [4.78, 5) is 0. The quantitative estimate of drug-likeness (QED) is 0.451. The highest BCUT2D eigenvalue weighted by Crippen LogP contribution is 2.29. The lowest BCUT2D eigenvalue weighted by atomic mass is 10.5. The lowest BCUT2D eigenvalue weighted by Gasteiger charge is -2.16. The lowest BCUT2D eigenvalue weighted by molar-refractivity contribution is 0.407. The highest BCUT2D eigenvalue weighted by Gasteiger charge is 2.20. The van der Waals surface area contributed by atoms with Crippen molar-refractivity contribution in [2.45, 2.75) is 32.0 Å². The molecule has 58 valence electrons.